The van der Waals surface area contributed by atoms with Gasteiger partial charge in [0, 0.05) is 24.3 Å². The Hall–Kier alpha value is -3.40. The molecule has 1 aliphatic rings. The molecule has 4 heteroatoms. The van der Waals surface area contributed by atoms with E-state index in [0.717, 1.165) is 42.7 Å². The van der Waals surface area contributed by atoms with Crippen molar-refractivity contribution < 1.29 is 9.59 Å². The molecule has 1 saturated heterocycles. The van der Waals surface area contributed by atoms with E-state index in [9.17, 15) is 9.59 Å². The predicted molar refractivity (Wildman–Crippen MR) is 129 cm³/mol. The highest BCUT2D eigenvalue weighted by Crippen LogP contribution is 2.22. The zero-order valence-corrected chi connectivity index (χ0v) is 18.6. The number of likely N-dealkylation sites (tertiary alicyclic amines) is 1. The number of anilines is 1. The van der Waals surface area contributed by atoms with Crippen molar-refractivity contribution in [3.8, 4) is 0 Å². The molecule has 0 N–H and O–H groups in total. The van der Waals surface area contributed by atoms with Crippen LogP contribution in [0.5, 0.6) is 0 Å². The molecule has 3 aromatic carbocycles. The lowest BCUT2D eigenvalue weighted by atomic mass is 9.98. The van der Waals surface area contributed by atoms with Crippen LogP contribution in [0.4, 0.5) is 5.69 Å². The number of carbonyl (C=O) groups excluding carboxylic acids is 2. The highest BCUT2D eigenvalue weighted by atomic mass is 16.2. The van der Waals surface area contributed by atoms with Gasteiger partial charge in [-0.05, 0) is 54.2 Å². The van der Waals surface area contributed by atoms with E-state index in [-0.39, 0.29) is 11.8 Å². The van der Waals surface area contributed by atoms with E-state index in [1.165, 1.54) is 0 Å². The summed E-state index contributed by atoms with van der Waals surface area (Å²) in [5.74, 6) is 0.850. The molecule has 0 bridgehead atoms. The second-order valence-electron chi connectivity index (χ2n) is 8.65. The second kappa shape index (κ2) is 10.3. The topological polar surface area (TPSA) is 40.6 Å². The van der Waals surface area contributed by atoms with E-state index in [0.29, 0.717) is 24.4 Å². The largest absolute Gasteiger partial charge is 0.342 e. The molecule has 4 rings (SSSR count). The van der Waals surface area contributed by atoms with Gasteiger partial charge in [0.25, 0.3) is 5.91 Å². The maximum Gasteiger partial charge on any atom is 0.258 e. The maximum absolute atomic E-state index is 13.3. The molecular formula is C28H30N2O2. The molecule has 0 spiro atoms. The average molecular weight is 427 g/mol. The Morgan fingerprint density at radius 1 is 0.812 bits per heavy atom. The fourth-order valence-corrected chi connectivity index (χ4v) is 4.12. The van der Waals surface area contributed by atoms with Gasteiger partial charge < -0.3 is 9.80 Å². The third kappa shape index (κ3) is 5.44. The number of nitrogens with zero attached hydrogens (tertiary/aromatic N) is 2. The molecule has 32 heavy (non-hydrogen) atoms. The van der Waals surface area contributed by atoms with Crippen molar-refractivity contribution in [2.45, 2.75) is 32.7 Å². The first kappa shape index (κ1) is 21.8. The molecule has 2 amide bonds. The van der Waals surface area contributed by atoms with E-state index in [1.807, 2.05) is 89.8 Å². The smallest absolute Gasteiger partial charge is 0.258 e. The van der Waals surface area contributed by atoms with E-state index in [2.05, 4.69) is 6.92 Å². The van der Waals surface area contributed by atoms with E-state index in [1.54, 1.807) is 4.90 Å². The Balaban J connectivity index is 1.51. The minimum atomic E-state index is -0.0410. The summed E-state index contributed by atoms with van der Waals surface area (Å²) in [5, 5.41) is 0. The van der Waals surface area contributed by atoms with Crippen molar-refractivity contribution in [2.24, 2.45) is 5.92 Å². The molecular weight excluding hydrogens is 396 g/mol. The number of carbonyl (C=O) groups is 2. The van der Waals surface area contributed by atoms with Crippen molar-refractivity contribution in [3.05, 3.63) is 102 Å². The van der Waals surface area contributed by atoms with Crippen molar-refractivity contribution in [2.75, 3.05) is 18.0 Å². The van der Waals surface area contributed by atoms with Gasteiger partial charge >= 0.3 is 0 Å². The van der Waals surface area contributed by atoms with Gasteiger partial charge in [-0.25, -0.2) is 0 Å². The molecule has 0 atom stereocenters. The lowest BCUT2D eigenvalue weighted by Crippen LogP contribution is -2.38. The number of piperidine rings is 1. The Morgan fingerprint density at radius 3 is 2.03 bits per heavy atom. The van der Waals surface area contributed by atoms with Crippen LogP contribution in [0.2, 0.25) is 0 Å². The van der Waals surface area contributed by atoms with Gasteiger partial charge in [-0.2, -0.15) is 0 Å². The van der Waals surface area contributed by atoms with Crippen LogP contribution in [0.3, 0.4) is 0 Å². The summed E-state index contributed by atoms with van der Waals surface area (Å²) < 4.78 is 0. The fourth-order valence-electron chi connectivity index (χ4n) is 4.12. The summed E-state index contributed by atoms with van der Waals surface area (Å²) in [6.07, 6.45) is 2.57. The van der Waals surface area contributed by atoms with E-state index >= 15 is 0 Å². The summed E-state index contributed by atoms with van der Waals surface area (Å²) >= 11 is 0. The Labute approximate surface area is 190 Å². The van der Waals surface area contributed by atoms with E-state index in [4.69, 9.17) is 0 Å². The lowest BCUT2D eigenvalue weighted by Gasteiger charge is -2.30. The number of amides is 2. The van der Waals surface area contributed by atoms with Crippen LogP contribution in [0.25, 0.3) is 0 Å². The third-order valence-electron chi connectivity index (χ3n) is 6.19. The number of rotatable bonds is 6. The van der Waals surface area contributed by atoms with Gasteiger partial charge in [-0.15, -0.1) is 0 Å². The predicted octanol–water partition coefficient (Wildman–Crippen LogP) is 5.33. The van der Waals surface area contributed by atoms with Crippen molar-refractivity contribution in [1.82, 2.24) is 4.90 Å². The summed E-state index contributed by atoms with van der Waals surface area (Å²) in [4.78, 5) is 29.8. The first-order chi connectivity index (χ1) is 15.6. The normalized spacial score (nSPS) is 14.2. The monoisotopic (exact) mass is 426 g/mol. The van der Waals surface area contributed by atoms with Gasteiger partial charge in [0.2, 0.25) is 5.91 Å². The van der Waals surface area contributed by atoms with Crippen LogP contribution in [-0.4, -0.2) is 29.8 Å². The van der Waals surface area contributed by atoms with Gasteiger partial charge in [0.15, 0.2) is 0 Å². The number of hydrogen-bond acceptors (Lipinski definition) is 2. The quantitative estimate of drug-likeness (QED) is 0.534. The van der Waals surface area contributed by atoms with Crippen molar-refractivity contribution >= 4 is 17.5 Å². The lowest BCUT2D eigenvalue weighted by molar-refractivity contribution is -0.131. The number of hydrogen-bond donors (Lipinski definition) is 0. The molecule has 1 aliphatic heterocycles. The zero-order chi connectivity index (χ0) is 22.3. The number of benzene rings is 3. The van der Waals surface area contributed by atoms with Gasteiger partial charge in [-0.1, -0.05) is 67.6 Å². The Morgan fingerprint density at radius 2 is 1.41 bits per heavy atom. The fraction of sp³-hybridized carbons (Fsp3) is 0.286. The maximum atomic E-state index is 13.3. The first-order valence-electron chi connectivity index (χ1n) is 11.4. The molecule has 4 nitrogen and oxygen atoms in total. The van der Waals surface area contributed by atoms with Gasteiger partial charge in [-0.3, -0.25) is 9.59 Å². The van der Waals surface area contributed by atoms with Crippen LogP contribution >= 0.6 is 0 Å². The van der Waals surface area contributed by atoms with Crippen LogP contribution in [0.15, 0.2) is 84.9 Å². The molecule has 0 aliphatic carbocycles. The molecule has 0 saturated carbocycles. The molecule has 0 unspecified atom stereocenters. The zero-order valence-electron chi connectivity index (χ0n) is 18.6. The molecule has 0 radical (unpaired) electrons. The molecule has 3 aromatic rings. The second-order valence-corrected chi connectivity index (χ2v) is 8.65. The summed E-state index contributed by atoms with van der Waals surface area (Å²) in [6.45, 7) is 4.44. The van der Waals surface area contributed by atoms with Crippen molar-refractivity contribution in [3.63, 3.8) is 0 Å². The van der Waals surface area contributed by atoms with Crippen LogP contribution in [0.1, 0.15) is 41.3 Å². The average Bonchev–Trinajstić information content (AvgIpc) is 2.84. The van der Waals surface area contributed by atoms with Gasteiger partial charge in [0.1, 0.15) is 0 Å². The Kier molecular flexibility index (Phi) is 7.00. The van der Waals surface area contributed by atoms with Gasteiger partial charge in [0.05, 0.1) is 13.0 Å². The molecule has 1 fully saturated rings. The van der Waals surface area contributed by atoms with Crippen LogP contribution < -0.4 is 4.90 Å². The third-order valence-corrected chi connectivity index (χ3v) is 6.19. The summed E-state index contributed by atoms with van der Waals surface area (Å²) in [7, 11) is 0. The summed E-state index contributed by atoms with van der Waals surface area (Å²) in [5.41, 5.74) is 3.52. The van der Waals surface area contributed by atoms with E-state index < -0.39 is 0 Å². The highest BCUT2D eigenvalue weighted by Gasteiger charge is 2.21. The van der Waals surface area contributed by atoms with Crippen molar-refractivity contribution in [1.29, 1.82) is 0 Å². The highest BCUT2D eigenvalue weighted by molar-refractivity contribution is 6.06. The van der Waals surface area contributed by atoms with Crippen LogP contribution in [-0.2, 0) is 17.8 Å². The first-order valence-corrected chi connectivity index (χ1v) is 11.4. The summed E-state index contributed by atoms with van der Waals surface area (Å²) in [6, 6.07) is 27.2. The standard InChI is InChI=1S/C28H30N2O2/c1-22-16-18-29(19-17-22)27(31)20-23-12-14-26(15-13-23)30(21-24-8-4-2-5-9-24)28(32)25-10-6-3-7-11-25/h2-15,22H,16-21H2,1H3. The molecule has 0 aromatic heterocycles. The minimum Gasteiger partial charge on any atom is -0.342 e. The Bertz CT molecular complexity index is 1020. The molecule has 1 heterocycles. The van der Waals surface area contributed by atoms with Crippen LogP contribution in [0, 0.1) is 5.92 Å². The minimum absolute atomic E-state index is 0.0410. The SMILES string of the molecule is CC1CCN(C(=O)Cc2ccc(N(Cc3ccccc3)C(=O)c3ccccc3)cc2)CC1. The molecule has 164 valence electrons.